The second-order valence-electron chi connectivity index (χ2n) is 6.97. The number of hydrogen-bond donors (Lipinski definition) is 0. The maximum absolute atomic E-state index is 13.8. The molecule has 2 aromatic carbocycles. The SMILES string of the molecule is CC(C)(F)COc1ccc(Cl)cc1CN1CCOc2c(C(=O)[O-])cccc21.[Na+]. The van der Waals surface area contributed by atoms with Gasteiger partial charge in [0, 0.05) is 22.7 Å². The van der Waals surface area contributed by atoms with Crippen molar-refractivity contribution >= 4 is 23.3 Å². The molecule has 0 spiro atoms. The maximum atomic E-state index is 13.8. The van der Waals surface area contributed by atoms with E-state index in [-0.39, 0.29) is 47.5 Å². The molecule has 0 aromatic heterocycles. The van der Waals surface area contributed by atoms with Crippen LogP contribution in [0.15, 0.2) is 36.4 Å². The molecule has 0 saturated carbocycles. The van der Waals surface area contributed by atoms with Crippen LogP contribution in [-0.4, -0.2) is 31.4 Å². The van der Waals surface area contributed by atoms with Crippen LogP contribution in [0.25, 0.3) is 0 Å². The third-order valence-corrected chi connectivity index (χ3v) is 4.35. The zero-order valence-corrected chi connectivity index (χ0v) is 18.9. The topological polar surface area (TPSA) is 61.8 Å². The molecule has 0 atom stereocenters. The van der Waals surface area contributed by atoms with Gasteiger partial charge in [-0.3, -0.25) is 0 Å². The van der Waals surface area contributed by atoms with Crippen LogP contribution < -0.4 is 49.0 Å². The molecule has 1 heterocycles. The Hall–Kier alpha value is -1.47. The number of hydrogen-bond acceptors (Lipinski definition) is 5. The van der Waals surface area contributed by atoms with Crippen molar-refractivity contribution in [3.05, 3.63) is 52.5 Å². The average molecular weight is 416 g/mol. The zero-order valence-electron chi connectivity index (χ0n) is 16.1. The summed E-state index contributed by atoms with van der Waals surface area (Å²) in [6.45, 7) is 4.12. The molecule has 144 valence electrons. The standard InChI is InChI=1S/C20H21ClFNO4.Na/c1-20(2,22)12-27-17-7-6-14(21)10-13(17)11-23-8-9-26-18-15(19(24)25)4-3-5-16(18)23;/h3-7,10H,8-9,11-12H2,1-2H3,(H,24,25);/q;+1/p-1. The summed E-state index contributed by atoms with van der Waals surface area (Å²) >= 11 is 6.13. The fraction of sp³-hybridized carbons (Fsp3) is 0.350. The number of carboxylic acids is 1. The van der Waals surface area contributed by atoms with E-state index in [4.69, 9.17) is 21.1 Å². The van der Waals surface area contributed by atoms with Crippen molar-refractivity contribution in [2.45, 2.75) is 26.1 Å². The Morgan fingerprint density at radius 3 is 2.79 bits per heavy atom. The summed E-state index contributed by atoms with van der Waals surface area (Å²) in [6, 6.07) is 10.0. The number of carboxylic acid groups (broad SMARTS) is 1. The summed E-state index contributed by atoms with van der Waals surface area (Å²) in [6.07, 6.45) is 0. The van der Waals surface area contributed by atoms with Gasteiger partial charge in [-0.15, -0.1) is 0 Å². The number of ether oxygens (including phenoxy) is 2. The van der Waals surface area contributed by atoms with Gasteiger partial charge in [0.05, 0.1) is 18.2 Å². The number of carbonyl (C=O) groups excluding carboxylic acids is 1. The first-order chi connectivity index (χ1) is 12.7. The van der Waals surface area contributed by atoms with Gasteiger partial charge in [0.1, 0.15) is 24.6 Å². The second-order valence-corrected chi connectivity index (χ2v) is 7.41. The quantitative estimate of drug-likeness (QED) is 0.632. The Morgan fingerprint density at radius 1 is 1.36 bits per heavy atom. The molecule has 0 aliphatic carbocycles. The van der Waals surface area contributed by atoms with E-state index in [9.17, 15) is 14.3 Å². The van der Waals surface area contributed by atoms with Crippen LogP contribution in [0.2, 0.25) is 5.02 Å². The van der Waals surface area contributed by atoms with Crippen molar-refractivity contribution in [3.63, 3.8) is 0 Å². The van der Waals surface area contributed by atoms with Crippen molar-refractivity contribution in [2.75, 3.05) is 24.7 Å². The van der Waals surface area contributed by atoms with Gasteiger partial charge in [-0.2, -0.15) is 0 Å². The molecular weight excluding hydrogens is 396 g/mol. The predicted octanol–water partition coefficient (Wildman–Crippen LogP) is 0.233. The van der Waals surface area contributed by atoms with Crippen LogP contribution in [0.4, 0.5) is 10.1 Å². The Labute approximate surface area is 190 Å². The van der Waals surface area contributed by atoms with Crippen LogP contribution in [-0.2, 0) is 6.54 Å². The molecule has 0 saturated heterocycles. The van der Waals surface area contributed by atoms with Crippen molar-refractivity contribution in [2.24, 2.45) is 0 Å². The number of nitrogens with zero attached hydrogens (tertiary/aromatic N) is 1. The van der Waals surface area contributed by atoms with Gasteiger partial charge in [-0.05, 0) is 44.2 Å². The number of aromatic carboxylic acids is 1. The molecule has 0 radical (unpaired) electrons. The van der Waals surface area contributed by atoms with Crippen LogP contribution in [0.3, 0.4) is 0 Å². The molecule has 0 bridgehead atoms. The fourth-order valence-electron chi connectivity index (χ4n) is 2.90. The van der Waals surface area contributed by atoms with Crippen LogP contribution in [0, 0.1) is 0 Å². The van der Waals surface area contributed by atoms with Crippen molar-refractivity contribution in [3.8, 4) is 11.5 Å². The third kappa shape index (κ3) is 5.54. The average Bonchev–Trinajstić information content (AvgIpc) is 2.60. The largest absolute Gasteiger partial charge is 1.00 e. The minimum Gasteiger partial charge on any atom is -0.545 e. The molecule has 1 aliphatic rings. The Morgan fingerprint density at radius 2 is 2.11 bits per heavy atom. The number of carbonyl (C=O) groups is 1. The van der Waals surface area contributed by atoms with Gasteiger partial charge < -0.3 is 24.3 Å². The third-order valence-electron chi connectivity index (χ3n) is 4.12. The summed E-state index contributed by atoms with van der Waals surface area (Å²) < 4.78 is 25.0. The minimum atomic E-state index is -1.47. The van der Waals surface area contributed by atoms with Crippen molar-refractivity contribution < 1.29 is 53.3 Å². The van der Waals surface area contributed by atoms with E-state index in [0.717, 1.165) is 5.56 Å². The summed E-state index contributed by atoms with van der Waals surface area (Å²) in [5.74, 6) is -0.460. The molecule has 3 rings (SSSR count). The Kier molecular flexibility index (Phi) is 7.62. The minimum absolute atomic E-state index is 0. The first-order valence-electron chi connectivity index (χ1n) is 8.57. The molecule has 0 unspecified atom stereocenters. The molecular formula is C20H20ClFNNaO4. The first kappa shape index (κ1) is 22.8. The number of rotatable bonds is 6. The van der Waals surface area contributed by atoms with Gasteiger partial charge in [0.25, 0.3) is 0 Å². The first-order valence-corrected chi connectivity index (χ1v) is 8.94. The number of benzene rings is 2. The zero-order chi connectivity index (χ0) is 19.6. The monoisotopic (exact) mass is 415 g/mol. The molecule has 0 N–H and O–H groups in total. The van der Waals surface area contributed by atoms with Crippen LogP contribution in [0.1, 0.15) is 29.8 Å². The van der Waals surface area contributed by atoms with E-state index < -0.39 is 11.6 Å². The second kappa shape index (κ2) is 9.35. The van der Waals surface area contributed by atoms with E-state index in [1.807, 2.05) is 4.90 Å². The summed E-state index contributed by atoms with van der Waals surface area (Å²) in [7, 11) is 0. The number of anilines is 1. The predicted molar refractivity (Wildman–Crippen MR) is 99.5 cm³/mol. The smallest absolute Gasteiger partial charge is 0.545 e. The molecule has 28 heavy (non-hydrogen) atoms. The molecule has 8 heteroatoms. The Bertz CT molecular complexity index is 857. The summed E-state index contributed by atoms with van der Waals surface area (Å²) in [4.78, 5) is 13.3. The van der Waals surface area contributed by atoms with Crippen LogP contribution >= 0.6 is 11.6 Å². The number of para-hydroxylation sites is 1. The summed E-state index contributed by atoms with van der Waals surface area (Å²) in [5.41, 5.74) is -0.0247. The summed E-state index contributed by atoms with van der Waals surface area (Å²) in [5, 5.41) is 11.9. The molecule has 1 aliphatic heterocycles. The van der Waals surface area contributed by atoms with Gasteiger partial charge in [-0.1, -0.05) is 17.7 Å². The Balaban J connectivity index is 0.00000280. The van der Waals surface area contributed by atoms with Gasteiger partial charge in [-0.25, -0.2) is 4.39 Å². The maximum Gasteiger partial charge on any atom is 1.00 e. The fourth-order valence-corrected chi connectivity index (χ4v) is 3.09. The molecule has 2 aromatic rings. The number of halogens is 2. The molecule has 0 fully saturated rings. The van der Waals surface area contributed by atoms with Crippen molar-refractivity contribution in [1.29, 1.82) is 0 Å². The van der Waals surface area contributed by atoms with Gasteiger partial charge >= 0.3 is 29.6 Å². The van der Waals surface area contributed by atoms with Gasteiger partial charge in [0.2, 0.25) is 0 Å². The molecule has 5 nitrogen and oxygen atoms in total. The van der Waals surface area contributed by atoms with Crippen molar-refractivity contribution in [1.82, 2.24) is 0 Å². The molecule has 0 amide bonds. The number of alkyl halides is 1. The van der Waals surface area contributed by atoms with E-state index in [1.54, 1.807) is 30.3 Å². The normalized spacial score (nSPS) is 13.2. The van der Waals surface area contributed by atoms with E-state index in [1.165, 1.54) is 19.9 Å². The van der Waals surface area contributed by atoms with E-state index in [0.29, 0.717) is 36.2 Å². The number of fused-ring (bicyclic) bond motifs is 1. The van der Waals surface area contributed by atoms with E-state index in [2.05, 4.69) is 0 Å². The van der Waals surface area contributed by atoms with Crippen LogP contribution in [0.5, 0.6) is 11.5 Å². The van der Waals surface area contributed by atoms with Gasteiger partial charge in [0.15, 0.2) is 5.75 Å². The van der Waals surface area contributed by atoms with E-state index >= 15 is 0 Å².